The molecule has 2 aliphatic rings. The van der Waals surface area contributed by atoms with Gasteiger partial charge in [-0.1, -0.05) is 30.3 Å². The predicted molar refractivity (Wildman–Crippen MR) is 124 cm³/mol. The van der Waals surface area contributed by atoms with Crippen LogP contribution in [0.25, 0.3) is 11.3 Å². The SMILES string of the molecule is CC(NC(=O)N1CC[C@]2(C1)OCCn1nc(-c3cnc(N)c(OC(F)F)c3)cc12)c1ccccc1. The van der Waals surface area contributed by atoms with Gasteiger partial charge in [0.05, 0.1) is 37.1 Å². The zero-order valence-electron chi connectivity index (χ0n) is 19.2. The van der Waals surface area contributed by atoms with E-state index in [2.05, 4.69) is 20.1 Å². The number of benzene rings is 1. The molecule has 1 aromatic carbocycles. The van der Waals surface area contributed by atoms with E-state index in [0.29, 0.717) is 43.9 Å². The molecule has 0 saturated carbocycles. The fourth-order valence-electron chi connectivity index (χ4n) is 4.67. The van der Waals surface area contributed by atoms with E-state index >= 15 is 0 Å². The standard InChI is InChI=1S/C24H26F2N6O3/c1-15(16-5-3-2-4-6-16)29-23(33)31-8-7-24(14-31)20-12-18(30-32(20)9-10-34-24)17-11-19(35-22(25)26)21(27)28-13-17/h2-6,11-13,15,22H,7-10,14H2,1H3,(H2,27,28)(H,29,33)/t15?,24-/m1/s1. The van der Waals surface area contributed by atoms with Crippen molar-refractivity contribution in [3.05, 3.63) is 59.9 Å². The molecule has 2 aromatic heterocycles. The molecule has 1 spiro atoms. The summed E-state index contributed by atoms with van der Waals surface area (Å²) >= 11 is 0. The lowest BCUT2D eigenvalue weighted by Gasteiger charge is -2.34. The number of aromatic nitrogens is 3. The van der Waals surface area contributed by atoms with Crippen molar-refractivity contribution in [1.82, 2.24) is 25.0 Å². The molecule has 2 aliphatic heterocycles. The Labute approximate surface area is 200 Å². The Bertz CT molecular complexity index is 1220. The number of nitrogens with two attached hydrogens (primary N) is 1. The summed E-state index contributed by atoms with van der Waals surface area (Å²) in [5, 5.41) is 7.70. The first-order valence-electron chi connectivity index (χ1n) is 11.4. The highest BCUT2D eigenvalue weighted by atomic mass is 19.3. The number of nitrogen functional groups attached to an aromatic ring is 1. The molecular formula is C24H26F2N6O3. The maximum Gasteiger partial charge on any atom is 0.387 e. The predicted octanol–water partition coefficient (Wildman–Crippen LogP) is 3.53. The second-order valence-electron chi connectivity index (χ2n) is 8.72. The van der Waals surface area contributed by atoms with E-state index < -0.39 is 12.2 Å². The van der Waals surface area contributed by atoms with Crippen LogP contribution in [0.2, 0.25) is 0 Å². The minimum absolute atomic E-state index is 0.125. The van der Waals surface area contributed by atoms with E-state index in [0.717, 1.165) is 11.3 Å². The zero-order chi connectivity index (χ0) is 24.6. The number of fused-ring (bicyclic) bond motifs is 2. The maximum absolute atomic E-state index is 13.0. The van der Waals surface area contributed by atoms with E-state index in [4.69, 9.17) is 10.5 Å². The average molecular weight is 485 g/mol. The molecule has 1 saturated heterocycles. The summed E-state index contributed by atoms with van der Waals surface area (Å²) in [7, 11) is 0. The van der Waals surface area contributed by atoms with Crippen molar-refractivity contribution in [2.75, 3.05) is 25.4 Å². The molecular weight excluding hydrogens is 458 g/mol. The average Bonchev–Trinajstić information content (AvgIpc) is 3.47. The van der Waals surface area contributed by atoms with E-state index in [1.807, 2.05) is 48.0 Å². The number of carbonyl (C=O) groups excluding carboxylic acids is 1. The van der Waals surface area contributed by atoms with E-state index in [1.54, 1.807) is 4.90 Å². The van der Waals surface area contributed by atoms with Crippen molar-refractivity contribution in [2.24, 2.45) is 0 Å². The molecule has 1 unspecified atom stereocenters. The van der Waals surface area contributed by atoms with Crippen molar-refractivity contribution in [3.63, 3.8) is 0 Å². The molecule has 9 nitrogen and oxygen atoms in total. The van der Waals surface area contributed by atoms with Crippen molar-refractivity contribution >= 4 is 11.8 Å². The van der Waals surface area contributed by atoms with Crippen LogP contribution in [-0.2, 0) is 16.9 Å². The fraction of sp³-hybridized carbons (Fsp3) is 0.375. The third kappa shape index (κ3) is 4.51. The minimum Gasteiger partial charge on any atom is -0.431 e. The number of amides is 2. The quantitative estimate of drug-likeness (QED) is 0.574. The first-order valence-corrected chi connectivity index (χ1v) is 11.4. The van der Waals surface area contributed by atoms with Crippen LogP contribution in [0.4, 0.5) is 19.4 Å². The number of halogens is 2. The van der Waals surface area contributed by atoms with Crippen LogP contribution in [-0.4, -0.2) is 52.0 Å². The van der Waals surface area contributed by atoms with Crippen molar-refractivity contribution < 1.29 is 23.0 Å². The van der Waals surface area contributed by atoms with Crippen molar-refractivity contribution in [3.8, 4) is 17.0 Å². The van der Waals surface area contributed by atoms with Gasteiger partial charge in [0.1, 0.15) is 5.60 Å². The number of nitrogens with one attached hydrogen (secondary N) is 1. The van der Waals surface area contributed by atoms with Gasteiger partial charge in [0.25, 0.3) is 0 Å². The molecule has 1 fully saturated rings. The molecule has 2 atom stereocenters. The third-order valence-electron chi connectivity index (χ3n) is 6.48. The van der Waals surface area contributed by atoms with Crippen LogP contribution < -0.4 is 15.8 Å². The third-order valence-corrected chi connectivity index (χ3v) is 6.48. The summed E-state index contributed by atoms with van der Waals surface area (Å²) in [5.41, 5.74) is 7.86. The number of likely N-dealkylation sites (tertiary alicyclic amines) is 1. The van der Waals surface area contributed by atoms with E-state index in [9.17, 15) is 13.6 Å². The molecule has 0 radical (unpaired) electrons. The van der Waals surface area contributed by atoms with Crippen LogP contribution in [0.15, 0.2) is 48.7 Å². The van der Waals surface area contributed by atoms with Crippen LogP contribution >= 0.6 is 0 Å². The number of urea groups is 1. The molecule has 2 amide bonds. The number of nitrogens with zero attached hydrogens (tertiary/aromatic N) is 4. The number of alkyl halides is 2. The Hall–Kier alpha value is -3.73. The number of anilines is 1. The lowest BCUT2D eigenvalue weighted by Crippen LogP contribution is -2.44. The number of pyridine rings is 1. The smallest absolute Gasteiger partial charge is 0.387 e. The van der Waals surface area contributed by atoms with Crippen LogP contribution in [0.5, 0.6) is 5.75 Å². The summed E-state index contributed by atoms with van der Waals surface area (Å²) in [5.74, 6) is -0.328. The molecule has 184 valence electrons. The molecule has 5 rings (SSSR count). The molecule has 0 aliphatic carbocycles. The molecule has 3 N–H and O–H groups in total. The summed E-state index contributed by atoms with van der Waals surface area (Å²) in [6.45, 7) is 0.835. The van der Waals surface area contributed by atoms with Gasteiger partial charge in [0.2, 0.25) is 0 Å². The summed E-state index contributed by atoms with van der Waals surface area (Å²) in [6.07, 6.45) is 2.08. The molecule has 3 aromatic rings. The highest BCUT2D eigenvalue weighted by molar-refractivity contribution is 5.75. The highest BCUT2D eigenvalue weighted by Crippen LogP contribution is 2.40. The Kier molecular flexibility index (Phi) is 6.01. The van der Waals surface area contributed by atoms with E-state index in [-0.39, 0.29) is 23.6 Å². The molecule has 4 heterocycles. The summed E-state index contributed by atoms with van der Waals surface area (Å²) in [4.78, 5) is 18.7. The first kappa shape index (κ1) is 23.0. The van der Waals surface area contributed by atoms with Gasteiger partial charge >= 0.3 is 12.6 Å². The van der Waals surface area contributed by atoms with E-state index in [1.165, 1.54) is 12.3 Å². The summed E-state index contributed by atoms with van der Waals surface area (Å²) in [6, 6.07) is 12.7. The van der Waals surface area contributed by atoms with Crippen LogP contribution in [0.3, 0.4) is 0 Å². The van der Waals surface area contributed by atoms with Gasteiger partial charge in [-0.05, 0) is 24.6 Å². The molecule has 0 bridgehead atoms. The zero-order valence-corrected chi connectivity index (χ0v) is 19.2. The van der Waals surface area contributed by atoms with Crippen molar-refractivity contribution in [1.29, 1.82) is 0 Å². The Balaban J connectivity index is 1.35. The summed E-state index contributed by atoms with van der Waals surface area (Å²) < 4.78 is 38.0. The maximum atomic E-state index is 13.0. The lowest BCUT2D eigenvalue weighted by atomic mass is 9.96. The number of hydrogen-bond acceptors (Lipinski definition) is 6. The van der Waals surface area contributed by atoms with Crippen molar-refractivity contribution in [2.45, 2.75) is 38.1 Å². The fourth-order valence-corrected chi connectivity index (χ4v) is 4.67. The second-order valence-corrected chi connectivity index (χ2v) is 8.72. The highest BCUT2D eigenvalue weighted by Gasteiger charge is 2.47. The van der Waals surface area contributed by atoms with Gasteiger partial charge in [-0.3, -0.25) is 4.68 Å². The number of ether oxygens (including phenoxy) is 2. The van der Waals surface area contributed by atoms with Gasteiger partial charge in [0, 0.05) is 24.7 Å². The van der Waals surface area contributed by atoms with Gasteiger partial charge in [-0.2, -0.15) is 13.9 Å². The lowest BCUT2D eigenvalue weighted by molar-refractivity contribution is -0.0701. The Morgan fingerprint density at radius 3 is 2.83 bits per heavy atom. The monoisotopic (exact) mass is 484 g/mol. The number of carbonyl (C=O) groups is 1. The minimum atomic E-state index is -3.01. The molecule has 35 heavy (non-hydrogen) atoms. The van der Waals surface area contributed by atoms with Gasteiger partial charge in [0.15, 0.2) is 11.6 Å². The van der Waals surface area contributed by atoms with Gasteiger partial charge < -0.3 is 25.4 Å². The van der Waals surface area contributed by atoms with Gasteiger partial charge in [-0.15, -0.1) is 0 Å². The first-order chi connectivity index (χ1) is 16.8. The number of hydrogen-bond donors (Lipinski definition) is 2. The Morgan fingerprint density at radius 1 is 1.26 bits per heavy atom. The van der Waals surface area contributed by atoms with Crippen LogP contribution in [0, 0.1) is 0 Å². The number of rotatable bonds is 5. The normalized spacial score (nSPS) is 20.2. The Morgan fingerprint density at radius 2 is 2.06 bits per heavy atom. The van der Waals surface area contributed by atoms with Crippen LogP contribution in [0.1, 0.15) is 30.6 Å². The topological polar surface area (TPSA) is 108 Å². The largest absolute Gasteiger partial charge is 0.431 e. The second kappa shape index (κ2) is 9.14. The molecule has 11 heteroatoms. The van der Waals surface area contributed by atoms with Gasteiger partial charge in [-0.25, -0.2) is 9.78 Å².